The highest BCUT2D eigenvalue weighted by molar-refractivity contribution is 5.89. The summed E-state index contributed by atoms with van der Waals surface area (Å²) in [5.41, 5.74) is 1.89. The number of carbonyl (C=O) groups is 2. The largest absolute Gasteiger partial charge is 0.493 e. The molecule has 3 aliphatic heterocycles. The predicted molar refractivity (Wildman–Crippen MR) is 168 cm³/mol. The van der Waals surface area contributed by atoms with Crippen molar-refractivity contribution >= 4 is 23.0 Å². The number of amides is 1. The first-order valence-corrected chi connectivity index (χ1v) is 15.7. The molecule has 0 saturated carbocycles. The van der Waals surface area contributed by atoms with Crippen molar-refractivity contribution in [1.29, 1.82) is 0 Å². The second kappa shape index (κ2) is 11.4. The summed E-state index contributed by atoms with van der Waals surface area (Å²) in [6.45, 7) is 9.95. The zero-order valence-electron chi connectivity index (χ0n) is 26.9. The Hall–Kier alpha value is -3.96. The molecule has 3 aromatic rings. The highest BCUT2D eigenvalue weighted by Crippen LogP contribution is 2.40. The van der Waals surface area contributed by atoms with Gasteiger partial charge in [-0.2, -0.15) is 0 Å². The molecule has 1 saturated heterocycles. The fourth-order valence-electron chi connectivity index (χ4n) is 6.52. The van der Waals surface area contributed by atoms with Crippen LogP contribution in [-0.2, 0) is 39.6 Å². The second-order valence-corrected chi connectivity index (χ2v) is 13.7. The molecule has 3 aliphatic rings. The van der Waals surface area contributed by atoms with Crippen LogP contribution in [0.15, 0.2) is 29.1 Å². The van der Waals surface area contributed by atoms with Gasteiger partial charge in [-0.05, 0) is 84.3 Å². The van der Waals surface area contributed by atoms with Crippen molar-refractivity contribution in [3.05, 3.63) is 56.9 Å². The topological polar surface area (TPSA) is 123 Å². The summed E-state index contributed by atoms with van der Waals surface area (Å²) in [5, 5.41) is 12.1. The molecule has 1 amide bonds. The molecule has 2 aromatic heterocycles. The van der Waals surface area contributed by atoms with Crippen molar-refractivity contribution in [3.8, 4) is 17.1 Å². The van der Waals surface area contributed by atoms with Crippen LogP contribution in [0.4, 0.5) is 4.79 Å². The van der Waals surface area contributed by atoms with Crippen LogP contribution in [0, 0.1) is 5.92 Å². The van der Waals surface area contributed by atoms with Gasteiger partial charge in [0.1, 0.15) is 18.0 Å². The average Bonchev–Trinajstić information content (AvgIpc) is 3.35. The van der Waals surface area contributed by atoms with Crippen LogP contribution < -0.4 is 10.3 Å². The number of hydrogen-bond acceptors (Lipinski definition) is 9. The zero-order chi connectivity index (χ0) is 32.3. The summed E-state index contributed by atoms with van der Waals surface area (Å²) in [4.78, 5) is 47.4. The summed E-state index contributed by atoms with van der Waals surface area (Å²) in [7, 11) is 4.02. The Kier molecular flexibility index (Phi) is 7.89. The summed E-state index contributed by atoms with van der Waals surface area (Å²) in [6, 6.07) is 7.71. The van der Waals surface area contributed by atoms with E-state index in [1.54, 1.807) is 22.5 Å². The van der Waals surface area contributed by atoms with Crippen LogP contribution in [0.2, 0.25) is 0 Å². The Bertz CT molecular complexity index is 1730. The lowest BCUT2D eigenvalue weighted by Crippen LogP contribution is -2.44. The maximum absolute atomic E-state index is 13.6. The number of rotatable bonds is 6. The molecule has 1 N–H and O–H groups in total. The third-order valence-corrected chi connectivity index (χ3v) is 8.98. The van der Waals surface area contributed by atoms with Gasteiger partial charge >= 0.3 is 12.1 Å². The van der Waals surface area contributed by atoms with Crippen LogP contribution in [0.1, 0.15) is 69.2 Å². The number of benzene rings is 1. The molecule has 240 valence electrons. The number of aromatic nitrogens is 2. The predicted octanol–water partition coefficient (Wildman–Crippen LogP) is 4.17. The van der Waals surface area contributed by atoms with E-state index in [1.165, 1.54) is 0 Å². The van der Waals surface area contributed by atoms with Gasteiger partial charge < -0.3 is 33.7 Å². The highest BCUT2D eigenvalue weighted by atomic mass is 16.6. The van der Waals surface area contributed by atoms with Gasteiger partial charge in [-0.25, -0.2) is 14.6 Å². The fraction of sp³-hybridized carbons (Fsp3) is 0.529. The quantitative estimate of drug-likeness (QED) is 0.317. The Labute approximate surface area is 262 Å². The monoisotopic (exact) mass is 618 g/mol. The number of likely N-dealkylation sites (tertiary alicyclic amines) is 1. The van der Waals surface area contributed by atoms with Gasteiger partial charge in [0.05, 0.1) is 35.6 Å². The normalized spacial score (nSPS) is 19.7. The number of ether oxygens (including phenoxy) is 3. The number of piperidine rings is 1. The second-order valence-electron chi connectivity index (χ2n) is 13.7. The van der Waals surface area contributed by atoms with Gasteiger partial charge in [-0.3, -0.25) is 4.79 Å². The summed E-state index contributed by atoms with van der Waals surface area (Å²) >= 11 is 0. The summed E-state index contributed by atoms with van der Waals surface area (Å²) in [6.07, 6.45) is 1.51. The smallest absolute Gasteiger partial charge is 0.410 e. The number of pyridine rings is 2. The van der Waals surface area contributed by atoms with Crippen molar-refractivity contribution in [3.63, 3.8) is 0 Å². The Morgan fingerprint density at radius 2 is 1.91 bits per heavy atom. The first kappa shape index (κ1) is 31.0. The molecule has 0 bridgehead atoms. The zero-order valence-corrected chi connectivity index (χ0v) is 26.9. The van der Waals surface area contributed by atoms with E-state index in [1.807, 2.05) is 47.0 Å². The lowest BCUT2D eigenvalue weighted by molar-refractivity contribution is -0.172. The maximum atomic E-state index is 13.6. The van der Waals surface area contributed by atoms with Gasteiger partial charge in [0.2, 0.25) is 0 Å². The van der Waals surface area contributed by atoms with Crippen molar-refractivity contribution < 1.29 is 28.9 Å². The molecule has 11 heteroatoms. The number of fused-ring (bicyclic) bond motifs is 5. The molecule has 1 fully saturated rings. The molecular weight excluding hydrogens is 576 g/mol. The maximum Gasteiger partial charge on any atom is 0.410 e. The number of aliphatic hydroxyl groups is 1. The van der Waals surface area contributed by atoms with Crippen LogP contribution in [0.25, 0.3) is 22.3 Å². The number of hydrogen-bond donors (Lipinski definition) is 1. The first-order valence-electron chi connectivity index (χ1n) is 15.7. The van der Waals surface area contributed by atoms with Crippen molar-refractivity contribution in [2.75, 3.05) is 33.8 Å². The van der Waals surface area contributed by atoms with Crippen molar-refractivity contribution in [2.24, 2.45) is 5.92 Å². The SMILES string of the molecule is CC[C@@]1(O)C(=O)OCc2c1cc1n(c2=O)Cc2cc3c(CN(C)C)c(OCC4CCN(C(=O)OC(C)(C)C)CC4)ccc3nc2-1. The van der Waals surface area contributed by atoms with E-state index in [4.69, 9.17) is 19.2 Å². The van der Waals surface area contributed by atoms with Crippen LogP contribution in [0.5, 0.6) is 5.75 Å². The van der Waals surface area contributed by atoms with Crippen LogP contribution >= 0.6 is 0 Å². The number of esters is 1. The standard InChI is InChI=1S/C34H42N4O7/c1-7-34(42)25-15-27-29-21(16-38(27)30(39)24(25)19-44-31(34)40)14-22-23(17-36(5)6)28(9-8-26(22)35-29)43-18-20-10-12-37(13-11-20)32(41)45-33(2,3)4/h8-9,14-15,20,42H,7,10-13,16-19H2,1-6H3/t34-/m0/s1. The molecule has 1 atom stereocenters. The Morgan fingerprint density at radius 1 is 1.18 bits per heavy atom. The van der Waals surface area contributed by atoms with Crippen molar-refractivity contribution in [1.82, 2.24) is 19.4 Å². The highest BCUT2D eigenvalue weighted by Gasteiger charge is 2.45. The molecule has 1 aromatic carbocycles. The molecule has 11 nitrogen and oxygen atoms in total. The molecule has 5 heterocycles. The molecule has 0 aliphatic carbocycles. The Morgan fingerprint density at radius 3 is 2.58 bits per heavy atom. The van der Waals surface area contributed by atoms with Gasteiger partial charge in [-0.15, -0.1) is 0 Å². The van der Waals surface area contributed by atoms with E-state index in [0.717, 1.165) is 40.6 Å². The van der Waals surface area contributed by atoms with Crippen LogP contribution in [-0.4, -0.2) is 75.9 Å². The lowest BCUT2D eigenvalue weighted by atomic mass is 9.86. The minimum atomic E-state index is -1.86. The van der Waals surface area contributed by atoms with E-state index < -0.39 is 17.2 Å². The molecule has 6 rings (SSSR count). The minimum Gasteiger partial charge on any atom is -0.493 e. The Balaban J connectivity index is 1.27. The first-order chi connectivity index (χ1) is 21.3. The third kappa shape index (κ3) is 5.68. The van der Waals surface area contributed by atoms with E-state index in [-0.39, 0.29) is 24.7 Å². The summed E-state index contributed by atoms with van der Waals surface area (Å²) < 4.78 is 18.8. The third-order valence-electron chi connectivity index (χ3n) is 8.98. The molecule has 0 spiro atoms. The van der Waals surface area contributed by atoms with Crippen LogP contribution in [0.3, 0.4) is 0 Å². The van der Waals surface area contributed by atoms with Gasteiger partial charge in [0, 0.05) is 41.7 Å². The number of nitrogens with zero attached hydrogens (tertiary/aromatic N) is 4. The van der Waals surface area contributed by atoms with Crippen molar-refractivity contribution in [2.45, 2.75) is 77.9 Å². The van der Waals surface area contributed by atoms with E-state index in [0.29, 0.717) is 61.2 Å². The van der Waals surface area contributed by atoms with Gasteiger partial charge in [-0.1, -0.05) is 6.92 Å². The van der Waals surface area contributed by atoms with E-state index in [9.17, 15) is 19.5 Å². The number of carbonyl (C=O) groups excluding carboxylic acids is 2. The molecule has 0 radical (unpaired) electrons. The molecule has 45 heavy (non-hydrogen) atoms. The van der Waals surface area contributed by atoms with E-state index in [2.05, 4.69) is 11.0 Å². The molecular formula is C34H42N4O7. The average molecular weight is 619 g/mol. The van der Waals surface area contributed by atoms with Gasteiger partial charge in [0.25, 0.3) is 5.56 Å². The minimum absolute atomic E-state index is 0.0965. The summed E-state index contributed by atoms with van der Waals surface area (Å²) in [5.74, 6) is 0.370. The van der Waals surface area contributed by atoms with E-state index >= 15 is 0 Å². The lowest BCUT2D eigenvalue weighted by Gasteiger charge is -2.33. The fourth-order valence-corrected chi connectivity index (χ4v) is 6.52. The van der Waals surface area contributed by atoms with Gasteiger partial charge in [0.15, 0.2) is 5.60 Å². The molecule has 0 unspecified atom stereocenters. The number of cyclic esters (lactones) is 1.